The SMILES string of the molecule is CC(C)(C)c1nc2ccc(Br)cc2c(=O)n1N=Cc1cc(Cl)c(OCc2cccc(F)c2)c(Cl)c1. The van der Waals surface area contributed by atoms with Crippen molar-refractivity contribution in [2.24, 2.45) is 5.10 Å². The molecule has 0 fully saturated rings. The number of halogens is 4. The molecule has 180 valence electrons. The molecule has 0 unspecified atom stereocenters. The van der Waals surface area contributed by atoms with Crippen LogP contribution in [0.1, 0.15) is 37.7 Å². The van der Waals surface area contributed by atoms with Gasteiger partial charge >= 0.3 is 0 Å². The van der Waals surface area contributed by atoms with Gasteiger partial charge in [0.2, 0.25) is 0 Å². The molecule has 0 spiro atoms. The summed E-state index contributed by atoms with van der Waals surface area (Å²) in [6.07, 6.45) is 1.50. The maximum Gasteiger partial charge on any atom is 0.282 e. The Balaban J connectivity index is 1.68. The molecule has 0 aliphatic rings. The van der Waals surface area contributed by atoms with Crippen molar-refractivity contribution in [1.29, 1.82) is 0 Å². The molecule has 0 aliphatic carbocycles. The van der Waals surface area contributed by atoms with E-state index in [9.17, 15) is 9.18 Å². The molecule has 4 aromatic rings. The number of aromatic nitrogens is 2. The Kier molecular flexibility index (Phi) is 7.31. The molecule has 9 heteroatoms. The molecule has 4 rings (SSSR count). The second-order valence-electron chi connectivity index (χ2n) is 8.94. The lowest BCUT2D eigenvalue weighted by Gasteiger charge is -2.20. The highest BCUT2D eigenvalue weighted by Crippen LogP contribution is 2.34. The van der Waals surface area contributed by atoms with Gasteiger partial charge in [0.05, 0.1) is 27.2 Å². The summed E-state index contributed by atoms with van der Waals surface area (Å²) >= 11 is 16.2. The van der Waals surface area contributed by atoms with Crippen molar-refractivity contribution in [2.75, 3.05) is 0 Å². The molecule has 0 amide bonds. The molecular formula is C26H21BrCl2FN3O2. The third kappa shape index (κ3) is 5.74. The summed E-state index contributed by atoms with van der Waals surface area (Å²) in [4.78, 5) is 18.0. The highest BCUT2D eigenvalue weighted by atomic mass is 79.9. The fourth-order valence-electron chi connectivity index (χ4n) is 3.44. The van der Waals surface area contributed by atoms with Crippen LogP contribution in [0, 0.1) is 5.82 Å². The number of hydrogen-bond acceptors (Lipinski definition) is 4. The summed E-state index contributed by atoms with van der Waals surface area (Å²) in [5.74, 6) is 0.440. The number of hydrogen-bond donors (Lipinski definition) is 0. The van der Waals surface area contributed by atoms with Crippen LogP contribution in [0.3, 0.4) is 0 Å². The minimum Gasteiger partial charge on any atom is -0.486 e. The normalized spacial score (nSPS) is 12.0. The van der Waals surface area contributed by atoms with Gasteiger partial charge in [-0.2, -0.15) is 9.78 Å². The van der Waals surface area contributed by atoms with Crippen molar-refractivity contribution >= 4 is 56.2 Å². The van der Waals surface area contributed by atoms with E-state index in [0.29, 0.717) is 27.9 Å². The number of nitrogens with zero attached hydrogens (tertiary/aromatic N) is 3. The van der Waals surface area contributed by atoms with E-state index < -0.39 is 5.41 Å². The smallest absolute Gasteiger partial charge is 0.282 e. The summed E-state index contributed by atoms with van der Waals surface area (Å²) in [6.45, 7) is 5.99. The monoisotopic (exact) mass is 575 g/mol. The van der Waals surface area contributed by atoms with E-state index in [1.54, 1.807) is 36.4 Å². The van der Waals surface area contributed by atoms with Gasteiger partial charge < -0.3 is 4.74 Å². The molecule has 35 heavy (non-hydrogen) atoms. The predicted octanol–water partition coefficient (Wildman–Crippen LogP) is 7.36. The Hall–Kier alpha value is -2.74. The topological polar surface area (TPSA) is 56.5 Å². The van der Waals surface area contributed by atoms with Crippen LogP contribution in [-0.4, -0.2) is 15.9 Å². The summed E-state index contributed by atoms with van der Waals surface area (Å²) in [5, 5.41) is 5.41. The number of rotatable bonds is 5. The first-order chi connectivity index (χ1) is 16.5. The fourth-order valence-corrected chi connectivity index (χ4v) is 4.41. The maximum absolute atomic E-state index is 13.4. The van der Waals surface area contributed by atoms with Gasteiger partial charge in [-0.15, -0.1) is 0 Å². The van der Waals surface area contributed by atoms with Gasteiger partial charge in [-0.25, -0.2) is 9.37 Å². The molecule has 0 saturated heterocycles. The highest BCUT2D eigenvalue weighted by molar-refractivity contribution is 9.10. The van der Waals surface area contributed by atoms with Gasteiger partial charge in [-0.05, 0) is 53.6 Å². The molecule has 0 atom stereocenters. The van der Waals surface area contributed by atoms with Gasteiger partial charge in [0.15, 0.2) is 5.75 Å². The summed E-state index contributed by atoms with van der Waals surface area (Å²) in [7, 11) is 0. The fraction of sp³-hybridized carbons (Fsp3) is 0.192. The summed E-state index contributed by atoms with van der Waals surface area (Å²) in [6, 6.07) is 14.7. The van der Waals surface area contributed by atoms with Gasteiger partial charge in [0, 0.05) is 9.89 Å². The predicted molar refractivity (Wildman–Crippen MR) is 143 cm³/mol. The second-order valence-corrected chi connectivity index (χ2v) is 10.7. The molecule has 5 nitrogen and oxygen atoms in total. The van der Waals surface area contributed by atoms with E-state index in [2.05, 4.69) is 21.0 Å². The standard InChI is InChI=1S/C26H21BrCl2FN3O2/c1-26(2,3)25-32-22-8-7-17(27)12-19(22)24(34)33(25)31-13-16-10-20(28)23(21(29)11-16)35-14-15-5-4-6-18(30)9-15/h4-13H,14H2,1-3H3. The quantitative estimate of drug-likeness (QED) is 0.233. The molecule has 0 bridgehead atoms. The van der Waals surface area contributed by atoms with E-state index in [1.165, 1.54) is 23.0 Å². The molecule has 0 saturated carbocycles. The Morgan fingerprint density at radius 3 is 2.49 bits per heavy atom. The first-order valence-electron chi connectivity index (χ1n) is 10.7. The molecule has 1 aromatic heterocycles. The second kappa shape index (κ2) is 10.1. The zero-order valence-electron chi connectivity index (χ0n) is 19.2. The molecule has 0 N–H and O–H groups in total. The molecular weight excluding hydrogens is 556 g/mol. The van der Waals surface area contributed by atoms with Crippen molar-refractivity contribution in [1.82, 2.24) is 9.66 Å². The molecule has 0 aliphatic heterocycles. The Bertz CT molecular complexity index is 1490. The van der Waals surface area contributed by atoms with Crippen LogP contribution >= 0.6 is 39.1 Å². The van der Waals surface area contributed by atoms with Crippen LogP contribution in [0.5, 0.6) is 5.75 Å². The van der Waals surface area contributed by atoms with Crippen LogP contribution in [0.15, 0.2) is 69.0 Å². The van der Waals surface area contributed by atoms with Crippen LogP contribution in [0.2, 0.25) is 10.0 Å². The Morgan fingerprint density at radius 2 is 1.83 bits per heavy atom. The zero-order valence-corrected chi connectivity index (χ0v) is 22.2. The third-order valence-electron chi connectivity index (χ3n) is 5.09. The van der Waals surface area contributed by atoms with Crippen molar-refractivity contribution in [3.8, 4) is 5.75 Å². The lowest BCUT2D eigenvalue weighted by Crippen LogP contribution is -2.29. The van der Waals surface area contributed by atoms with E-state index in [1.807, 2.05) is 26.8 Å². The van der Waals surface area contributed by atoms with Crippen LogP contribution < -0.4 is 10.3 Å². The minimum atomic E-state index is -0.443. The minimum absolute atomic E-state index is 0.104. The average Bonchev–Trinajstić information content (AvgIpc) is 2.77. The highest BCUT2D eigenvalue weighted by Gasteiger charge is 2.23. The van der Waals surface area contributed by atoms with Crippen molar-refractivity contribution in [3.05, 3.63) is 102 Å². The zero-order chi connectivity index (χ0) is 25.3. The van der Waals surface area contributed by atoms with Gasteiger partial charge in [-0.3, -0.25) is 4.79 Å². The Labute approximate surface area is 220 Å². The molecule has 0 radical (unpaired) electrons. The first-order valence-corrected chi connectivity index (χ1v) is 12.2. The van der Waals surface area contributed by atoms with E-state index in [0.717, 1.165) is 4.47 Å². The largest absolute Gasteiger partial charge is 0.486 e. The average molecular weight is 577 g/mol. The summed E-state index contributed by atoms with van der Waals surface area (Å²) < 4.78 is 21.2. The van der Waals surface area contributed by atoms with Crippen molar-refractivity contribution < 1.29 is 9.13 Å². The molecule has 1 heterocycles. The van der Waals surface area contributed by atoms with Crippen LogP contribution in [0.25, 0.3) is 10.9 Å². The molecule has 3 aromatic carbocycles. The summed E-state index contributed by atoms with van der Waals surface area (Å²) in [5.41, 5.74) is 1.08. The first kappa shape index (κ1) is 25.4. The number of benzene rings is 3. The van der Waals surface area contributed by atoms with Crippen LogP contribution in [0.4, 0.5) is 4.39 Å². The van der Waals surface area contributed by atoms with Crippen molar-refractivity contribution in [3.63, 3.8) is 0 Å². The van der Waals surface area contributed by atoms with E-state index >= 15 is 0 Å². The Morgan fingerprint density at radius 1 is 1.11 bits per heavy atom. The van der Waals surface area contributed by atoms with Gasteiger partial charge in [0.1, 0.15) is 18.2 Å². The van der Waals surface area contributed by atoms with Crippen molar-refractivity contribution in [2.45, 2.75) is 32.8 Å². The third-order valence-corrected chi connectivity index (χ3v) is 6.15. The van der Waals surface area contributed by atoms with E-state index in [-0.39, 0.29) is 33.8 Å². The lowest BCUT2D eigenvalue weighted by molar-refractivity contribution is 0.306. The number of fused-ring (bicyclic) bond motifs is 1. The number of ether oxygens (including phenoxy) is 1. The maximum atomic E-state index is 13.4. The van der Waals surface area contributed by atoms with Gasteiger partial charge in [-0.1, -0.05) is 72.0 Å². The van der Waals surface area contributed by atoms with Gasteiger partial charge in [0.25, 0.3) is 5.56 Å². The van der Waals surface area contributed by atoms with E-state index in [4.69, 9.17) is 32.9 Å². The van der Waals surface area contributed by atoms with Crippen LogP contribution in [-0.2, 0) is 12.0 Å². The lowest BCUT2D eigenvalue weighted by atomic mass is 9.95.